The van der Waals surface area contributed by atoms with Gasteiger partial charge in [-0.25, -0.2) is 8.91 Å². The number of hydrogen-bond donors (Lipinski definition) is 1. The van der Waals surface area contributed by atoms with E-state index >= 15 is 0 Å². The molecule has 0 aliphatic carbocycles. The van der Waals surface area contributed by atoms with Gasteiger partial charge in [-0.3, -0.25) is 10.1 Å². The quantitative estimate of drug-likeness (QED) is 0.778. The lowest BCUT2D eigenvalue weighted by molar-refractivity contribution is 0.102. The number of hydrogen-bond acceptors (Lipinski definition) is 3. The van der Waals surface area contributed by atoms with Crippen LogP contribution in [0.15, 0.2) is 42.6 Å². The number of rotatable bonds is 2. The van der Waals surface area contributed by atoms with Gasteiger partial charge in [0, 0.05) is 11.8 Å². The predicted molar refractivity (Wildman–Crippen MR) is 72.1 cm³/mol. The SMILES string of the molecule is Cc1ccc2nc(NC(=O)c3cccc(F)c3)nn2c1. The van der Waals surface area contributed by atoms with Crippen LogP contribution in [0.4, 0.5) is 10.3 Å². The number of anilines is 1. The number of amides is 1. The van der Waals surface area contributed by atoms with E-state index in [1.54, 1.807) is 16.8 Å². The fourth-order valence-corrected chi connectivity index (χ4v) is 1.84. The third-order valence-corrected chi connectivity index (χ3v) is 2.79. The van der Waals surface area contributed by atoms with Crippen LogP contribution in [-0.4, -0.2) is 20.5 Å². The van der Waals surface area contributed by atoms with E-state index in [4.69, 9.17) is 0 Å². The molecule has 3 rings (SSSR count). The Kier molecular flexibility index (Phi) is 2.90. The van der Waals surface area contributed by atoms with E-state index in [9.17, 15) is 9.18 Å². The Morgan fingerprint density at radius 1 is 1.30 bits per heavy atom. The first-order valence-electron chi connectivity index (χ1n) is 6.02. The fraction of sp³-hybridized carbons (Fsp3) is 0.0714. The Labute approximate surface area is 114 Å². The number of carbonyl (C=O) groups is 1. The van der Waals surface area contributed by atoms with Crippen molar-refractivity contribution in [2.45, 2.75) is 6.92 Å². The van der Waals surface area contributed by atoms with Crippen LogP contribution in [0.25, 0.3) is 5.65 Å². The molecule has 1 N–H and O–H groups in total. The number of fused-ring (bicyclic) bond motifs is 1. The molecular formula is C14H11FN4O. The highest BCUT2D eigenvalue weighted by atomic mass is 19.1. The van der Waals surface area contributed by atoms with Gasteiger partial charge in [-0.15, -0.1) is 5.10 Å². The number of benzene rings is 1. The van der Waals surface area contributed by atoms with E-state index < -0.39 is 11.7 Å². The molecule has 0 radical (unpaired) electrons. The Balaban J connectivity index is 1.87. The summed E-state index contributed by atoms with van der Waals surface area (Å²) in [7, 11) is 0. The average Bonchev–Trinajstić information content (AvgIpc) is 2.80. The Hall–Kier alpha value is -2.76. The predicted octanol–water partition coefficient (Wildman–Crippen LogP) is 2.43. The lowest BCUT2D eigenvalue weighted by atomic mass is 10.2. The van der Waals surface area contributed by atoms with E-state index in [0.29, 0.717) is 5.65 Å². The molecule has 2 heterocycles. The summed E-state index contributed by atoms with van der Waals surface area (Å²) in [6.45, 7) is 1.94. The van der Waals surface area contributed by atoms with Gasteiger partial charge in [-0.1, -0.05) is 12.1 Å². The zero-order valence-corrected chi connectivity index (χ0v) is 10.7. The first kappa shape index (κ1) is 12.3. The number of aryl methyl sites for hydroxylation is 1. The van der Waals surface area contributed by atoms with Gasteiger partial charge in [0.1, 0.15) is 5.82 Å². The third-order valence-electron chi connectivity index (χ3n) is 2.79. The van der Waals surface area contributed by atoms with E-state index in [2.05, 4.69) is 15.4 Å². The van der Waals surface area contributed by atoms with E-state index in [1.807, 2.05) is 13.0 Å². The minimum Gasteiger partial charge on any atom is -0.289 e. The summed E-state index contributed by atoms with van der Waals surface area (Å²) in [4.78, 5) is 16.1. The molecule has 0 spiro atoms. The van der Waals surface area contributed by atoms with Crippen LogP contribution >= 0.6 is 0 Å². The van der Waals surface area contributed by atoms with Crippen molar-refractivity contribution in [2.24, 2.45) is 0 Å². The van der Waals surface area contributed by atoms with E-state index in [-0.39, 0.29) is 11.5 Å². The van der Waals surface area contributed by atoms with Crippen molar-refractivity contribution in [1.29, 1.82) is 0 Å². The first-order chi connectivity index (χ1) is 9.61. The molecule has 3 aromatic rings. The highest BCUT2D eigenvalue weighted by Gasteiger charge is 2.10. The lowest BCUT2D eigenvalue weighted by Crippen LogP contribution is -2.13. The molecular weight excluding hydrogens is 259 g/mol. The molecule has 0 unspecified atom stereocenters. The summed E-state index contributed by atoms with van der Waals surface area (Å²) in [5, 5.41) is 6.69. The zero-order chi connectivity index (χ0) is 14.1. The maximum atomic E-state index is 13.1. The van der Waals surface area contributed by atoms with E-state index in [1.165, 1.54) is 18.2 Å². The monoisotopic (exact) mass is 270 g/mol. The smallest absolute Gasteiger partial charge is 0.258 e. The summed E-state index contributed by atoms with van der Waals surface area (Å²) in [6, 6.07) is 9.16. The Morgan fingerprint density at radius 2 is 2.15 bits per heavy atom. The molecule has 1 amide bonds. The number of nitrogens with zero attached hydrogens (tertiary/aromatic N) is 3. The van der Waals surface area contributed by atoms with Crippen LogP contribution in [0, 0.1) is 12.7 Å². The maximum absolute atomic E-state index is 13.1. The normalized spacial score (nSPS) is 10.7. The molecule has 0 aliphatic heterocycles. The largest absolute Gasteiger partial charge is 0.289 e. The number of pyridine rings is 1. The minimum atomic E-state index is -0.462. The number of carbonyl (C=O) groups excluding carboxylic acids is 1. The molecule has 0 saturated heterocycles. The van der Waals surface area contributed by atoms with Gasteiger partial charge in [0.2, 0.25) is 5.95 Å². The summed E-state index contributed by atoms with van der Waals surface area (Å²) in [5.41, 5.74) is 1.88. The number of nitrogens with one attached hydrogen (secondary N) is 1. The van der Waals surface area contributed by atoms with Crippen molar-refractivity contribution in [1.82, 2.24) is 14.6 Å². The van der Waals surface area contributed by atoms with Crippen molar-refractivity contribution in [2.75, 3.05) is 5.32 Å². The lowest BCUT2D eigenvalue weighted by Gasteiger charge is -2.00. The van der Waals surface area contributed by atoms with Gasteiger partial charge in [0.15, 0.2) is 5.65 Å². The minimum absolute atomic E-state index is 0.185. The topological polar surface area (TPSA) is 59.3 Å². The van der Waals surface area contributed by atoms with Gasteiger partial charge in [0.25, 0.3) is 5.91 Å². The first-order valence-corrected chi connectivity index (χ1v) is 6.02. The van der Waals surface area contributed by atoms with Crippen molar-refractivity contribution in [3.63, 3.8) is 0 Å². The van der Waals surface area contributed by atoms with Crippen LogP contribution in [0.1, 0.15) is 15.9 Å². The molecule has 6 heteroatoms. The third kappa shape index (κ3) is 2.35. The summed E-state index contributed by atoms with van der Waals surface area (Å²) >= 11 is 0. The van der Waals surface area contributed by atoms with Gasteiger partial charge in [0.05, 0.1) is 0 Å². The maximum Gasteiger partial charge on any atom is 0.258 e. The highest BCUT2D eigenvalue weighted by molar-refractivity contribution is 6.03. The number of aromatic nitrogens is 3. The van der Waals surface area contributed by atoms with Gasteiger partial charge in [-0.05, 0) is 36.8 Å². The average molecular weight is 270 g/mol. The molecule has 0 atom stereocenters. The highest BCUT2D eigenvalue weighted by Crippen LogP contribution is 2.09. The van der Waals surface area contributed by atoms with Crippen molar-refractivity contribution in [3.8, 4) is 0 Å². The molecule has 1 aromatic carbocycles. The van der Waals surface area contributed by atoms with Crippen LogP contribution < -0.4 is 5.32 Å². The standard InChI is InChI=1S/C14H11FN4O/c1-9-5-6-12-16-14(18-19(12)8-9)17-13(20)10-3-2-4-11(15)7-10/h2-8H,1H3,(H,17,18,20). The molecule has 100 valence electrons. The van der Waals surface area contributed by atoms with Gasteiger partial charge >= 0.3 is 0 Å². The van der Waals surface area contributed by atoms with Crippen molar-refractivity contribution < 1.29 is 9.18 Å². The van der Waals surface area contributed by atoms with Crippen LogP contribution in [0.3, 0.4) is 0 Å². The molecule has 0 aliphatic rings. The van der Waals surface area contributed by atoms with Gasteiger partial charge < -0.3 is 0 Å². The summed E-state index contributed by atoms with van der Waals surface area (Å²) in [5.74, 6) is -0.724. The van der Waals surface area contributed by atoms with Crippen molar-refractivity contribution >= 4 is 17.5 Å². The second kappa shape index (κ2) is 4.73. The zero-order valence-electron chi connectivity index (χ0n) is 10.7. The molecule has 0 saturated carbocycles. The molecule has 0 fully saturated rings. The van der Waals surface area contributed by atoms with Crippen LogP contribution in [-0.2, 0) is 0 Å². The van der Waals surface area contributed by atoms with Crippen LogP contribution in [0.2, 0.25) is 0 Å². The van der Waals surface area contributed by atoms with E-state index in [0.717, 1.165) is 11.6 Å². The molecule has 20 heavy (non-hydrogen) atoms. The Bertz CT molecular complexity index is 797. The molecule has 0 bridgehead atoms. The second-order valence-corrected chi connectivity index (χ2v) is 4.41. The molecule has 5 nitrogen and oxygen atoms in total. The Morgan fingerprint density at radius 3 is 2.95 bits per heavy atom. The number of halogens is 1. The fourth-order valence-electron chi connectivity index (χ4n) is 1.84. The van der Waals surface area contributed by atoms with Gasteiger partial charge in [-0.2, -0.15) is 4.98 Å². The molecule has 2 aromatic heterocycles. The van der Waals surface area contributed by atoms with Crippen molar-refractivity contribution in [3.05, 3.63) is 59.5 Å². The summed E-state index contributed by atoms with van der Waals surface area (Å²) in [6.07, 6.45) is 1.81. The second-order valence-electron chi connectivity index (χ2n) is 4.41. The summed E-state index contributed by atoms with van der Waals surface area (Å²) < 4.78 is 14.6. The van der Waals surface area contributed by atoms with Crippen LogP contribution in [0.5, 0.6) is 0 Å².